The fourth-order valence-corrected chi connectivity index (χ4v) is 1.39. The summed E-state index contributed by atoms with van der Waals surface area (Å²) in [5, 5.41) is 12.1. The zero-order valence-electron chi connectivity index (χ0n) is 10.8. The van der Waals surface area contributed by atoms with E-state index in [4.69, 9.17) is 9.76 Å². The predicted molar refractivity (Wildman–Crippen MR) is 76.7 cm³/mol. The van der Waals surface area contributed by atoms with Crippen molar-refractivity contribution in [2.24, 2.45) is 5.92 Å². The van der Waals surface area contributed by atoms with Crippen LogP contribution in [0.25, 0.3) is 0 Å². The van der Waals surface area contributed by atoms with Crippen molar-refractivity contribution >= 4 is 38.8 Å². The van der Waals surface area contributed by atoms with Gasteiger partial charge in [0.15, 0.2) is 0 Å². The lowest BCUT2D eigenvalue weighted by molar-refractivity contribution is -0.138. The molecule has 17 heavy (non-hydrogen) atoms. The molecule has 0 saturated carbocycles. The van der Waals surface area contributed by atoms with E-state index in [-0.39, 0.29) is 42.8 Å². The summed E-state index contributed by atoms with van der Waals surface area (Å²) in [4.78, 5) is 11.4. The molecule has 1 unspecified atom stereocenters. The van der Waals surface area contributed by atoms with Gasteiger partial charge in [-0.15, -0.1) is 24.8 Å². The van der Waals surface area contributed by atoms with E-state index in [1.807, 2.05) is 0 Å². The van der Waals surface area contributed by atoms with E-state index in [0.717, 1.165) is 19.3 Å². The zero-order valence-corrected chi connectivity index (χ0v) is 12.4. The summed E-state index contributed by atoms with van der Waals surface area (Å²) in [5.74, 6) is -0.254. The number of rotatable bonds is 8. The number of carbonyl (C=O) groups excluding carboxylic acids is 1. The first kappa shape index (κ1) is 22.2. The molecule has 0 aromatic heterocycles. The van der Waals surface area contributed by atoms with Crippen LogP contribution < -0.4 is 5.32 Å². The SMILES string of the molecule is BOC(=O)C(CCCC)CNC[C@@H](C)O.Cl.Cl. The number of nitrogens with one attached hydrogen (secondary N) is 1. The minimum atomic E-state index is -0.380. The van der Waals surface area contributed by atoms with E-state index >= 15 is 0 Å². The second-order valence-corrected chi connectivity index (χ2v) is 3.87. The smallest absolute Gasteiger partial charge is 0.325 e. The number of carbonyl (C=O) groups is 1. The second kappa shape index (κ2) is 14.1. The normalized spacial score (nSPS) is 12.9. The minimum absolute atomic E-state index is 0. The monoisotopic (exact) mass is 287 g/mol. The molecule has 104 valence electrons. The Morgan fingerprint density at radius 3 is 2.41 bits per heavy atom. The molecule has 0 rings (SSSR count). The summed E-state index contributed by atoms with van der Waals surface area (Å²) in [6, 6.07) is 0. The van der Waals surface area contributed by atoms with Crippen LogP contribution in [0.3, 0.4) is 0 Å². The molecule has 2 atom stereocenters. The van der Waals surface area contributed by atoms with Gasteiger partial charge in [-0.25, -0.2) is 0 Å². The van der Waals surface area contributed by atoms with Crippen LogP contribution in [-0.2, 0) is 9.45 Å². The molecule has 0 aliphatic carbocycles. The number of halogens is 2. The third-order valence-electron chi connectivity index (χ3n) is 2.27. The van der Waals surface area contributed by atoms with Crippen molar-refractivity contribution in [3.05, 3.63) is 0 Å². The Labute approximate surface area is 117 Å². The van der Waals surface area contributed by atoms with Gasteiger partial charge in [-0.05, 0) is 13.3 Å². The number of hydrogen-bond donors (Lipinski definition) is 2. The Bertz CT molecular complexity index is 185. The van der Waals surface area contributed by atoms with Gasteiger partial charge in [-0.1, -0.05) is 19.8 Å². The lowest BCUT2D eigenvalue weighted by atomic mass is 10.0. The number of hydrogen-bond acceptors (Lipinski definition) is 4. The van der Waals surface area contributed by atoms with Crippen molar-refractivity contribution in [3.63, 3.8) is 0 Å². The molecule has 0 bridgehead atoms. The molecule has 2 N–H and O–H groups in total. The van der Waals surface area contributed by atoms with E-state index in [1.165, 1.54) is 8.05 Å². The quantitative estimate of drug-likeness (QED) is 0.645. The summed E-state index contributed by atoms with van der Waals surface area (Å²) < 4.78 is 4.73. The molecule has 0 radical (unpaired) electrons. The maximum absolute atomic E-state index is 11.4. The Balaban J connectivity index is -0.000000980. The third-order valence-corrected chi connectivity index (χ3v) is 2.27. The summed E-state index contributed by atoms with van der Waals surface area (Å²) >= 11 is 0. The van der Waals surface area contributed by atoms with Crippen molar-refractivity contribution in [2.75, 3.05) is 13.1 Å². The Morgan fingerprint density at radius 1 is 1.41 bits per heavy atom. The highest BCUT2D eigenvalue weighted by atomic mass is 35.5. The standard InChI is InChI=1S/C10H22BNO3.2ClH/c1-3-4-5-9(10(14)15-11)7-12-6-8(2)13;;/h8-9,12-13H,3-7,11H2,1-2H3;2*1H/t8-,9?;;/m1../s1. The number of aliphatic hydroxyl groups is 1. The van der Waals surface area contributed by atoms with Gasteiger partial charge >= 0.3 is 8.05 Å². The lowest BCUT2D eigenvalue weighted by Gasteiger charge is -2.16. The van der Waals surface area contributed by atoms with Gasteiger partial charge in [-0.2, -0.15) is 0 Å². The topological polar surface area (TPSA) is 58.6 Å². The predicted octanol–water partition coefficient (Wildman–Crippen LogP) is 0.698. The van der Waals surface area contributed by atoms with Gasteiger partial charge in [0.25, 0.3) is 5.97 Å². The highest BCUT2D eigenvalue weighted by Crippen LogP contribution is 2.09. The van der Waals surface area contributed by atoms with E-state index in [0.29, 0.717) is 13.1 Å². The number of aliphatic hydroxyl groups excluding tert-OH is 1. The maximum atomic E-state index is 11.4. The molecule has 0 aromatic rings. The Morgan fingerprint density at radius 2 is 2.00 bits per heavy atom. The Kier molecular flexibility index (Phi) is 18.4. The third kappa shape index (κ3) is 12.3. The van der Waals surface area contributed by atoms with E-state index in [1.54, 1.807) is 6.92 Å². The van der Waals surface area contributed by atoms with Gasteiger partial charge in [0, 0.05) is 13.1 Å². The molecule has 0 aromatic carbocycles. The number of unbranched alkanes of at least 4 members (excludes halogenated alkanes) is 1. The molecular formula is C10H24BCl2NO3. The molecular weight excluding hydrogens is 264 g/mol. The maximum Gasteiger partial charge on any atom is 0.325 e. The fraction of sp³-hybridized carbons (Fsp3) is 0.900. The minimum Gasteiger partial charge on any atom is -0.543 e. The van der Waals surface area contributed by atoms with Crippen LogP contribution >= 0.6 is 24.8 Å². The first-order valence-corrected chi connectivity index (χ1v) is 5.58. The second-order valence-electron chi connectivity index (χ2n) is 3.87. The summed E-state index contributed by atoms with van der Waals surface area (Å²) in [6.45, 7) is 4.90. The zero-order chi connectivity index (χ0) is 11.7. The fourth-order valence-electron chi connectivity index (χ4n) is 1.39. The van der Waals surface area contributed by atoms with Crippen LogP contribution in [0.15, 0.2) is 0 Å². The van der Waals surface area contributed by atoms with Gasteiger partial charge in [0.05, 0.1) is 12.0 Å². The van der Waals surface area contributed by atoms with Crippen molar-refractivity contribution in [1.82, 2.24) is 5.32 Å². The van der Waals surface area contributed by atoms with Gasteiger partial charge in [0.2, 0.25) is 0 Å². The molecule has 0 saturated heterocycles. The summed E-state index contributed by atoms with van der Waals surface area (Å²) in [5.41, 5.74) is 0. The van der Waals surface area contributed by atoms with Crippen LogP contribution in [0.2, 0.25) is 0 Å². The van der Waals surface area contributed by atoms with Gasteiger partial charge < -0.3 is 15.1 Å². The van der Waals surface area contributed by atoms with E-state index in [9.17, 15) is 4.79 Å². The van der Waals surface area contributed by atoms with Gasteiger partial charge in [0.1, 0.15) is 0 Å². The van der Waals surface area contributed by atoms with Crippen molar-refractivity contribution in [1.29, 1.82) is 0 Å². The first-order chi connectivity index (χ1) is 7.11. The van der Waals surface area contributed by atoms with Crippen LogP contribution in [0.1, 0.15) is 33.1 Å². The molecule has 0 aliphatic rings. The van der Waals surface area contributed by atoms with Crippen LogP contribution in [0.5, 0.6) is 0 Å². The molecule has 0 heterocycles. The average Bonchev–Trinajstić information content (AvgIpc) is 2.21. The molecule has 7 heteroatoms. The van der Waals surface area contributed by atoms with Crippen LogP contribution in [0, 0.1) is 5.92 Å². The molecule has 0 spiro atoms. The van der Waals surface area contributed by atoms with Gasteiger partial charge in [-0.3, -0.25) is 4.79 Å². The summed E-state index contributed by atoms with van der Waals surface area (Å²) in [6.07, 6.45) is 2.56. The molecule has 0 amide bonds. The summed E-state index contributed by atoms with van der Waals surface area (Å²) in [7, 11) is 1.41. The highest BCUT2D eigenvalue weighted by Gasteiger charge is 2.17. The molecule has 4 nitrogen and oxygen atoms in total. The Hall–Kier alpha value is 0.0349. The lowest BCUT2D eigenvalue weighted by Crippen LogP contribution is -2.33. The van der Waals surface area contributed by atoms with Crippen LogP contribution in [-0.4, -0.2) is 38.3 Å². The highest BCUT2D eigenvalue weighted by molar-refractivity contribution is 6.05. The molecule has 0 aliphatic heterocycles. The first-order valence-electron chi connectivity index (χ1n) is 5.58. The average molecular weight is 288 g/mol. The van der Waals surface area contributed by atoms with E-state index < -0.39 is 0 Å². The van der Waals surface area contributed by atoms with E-state index in [2.05, 4.69) is 12.2 Å². The van der Waals surface area contributed by atoms with Crippen molar-refractivity contribution in [3.8, 4) is 0 Å². The molecule has 0 fully saturated rings. The van der Waals surface area contributed by atoms with Crippen LogP contribution in [0.4, 0.5) is 0 Å². The largest absolute Gasteiger partial charge is 0.543 e. The van der Waals surface area contributed by atoms with Crippen molar-refractivity contribution < 1.29 is 14.6 Å². The van der Waals surface area contributed by atoms with Crippen molar-refractivity contribution in [2.45, 2.75) is 39.2 Å².